The van der Waals surface area contributed by atoms with Crippen LogP contribution < -0.4 is 18.9 Å². The summed E-state index contributed by atoms with van der Waals surface area (Å²) in [6.45, 7) is 1.80. The average molecular weight is 391 g/mol. The smallest absolute Gasteiger partial charge is 0.338 e. The Morgan fingerprint density at radius 1 is 0.857 bits per heavy atom. The molecule has 9 nitrogen and oxygen atoms in total. The summed E-state index contributed by atoms with van der Waals surface area (Å²) in [4.78, 5) is 23.6. The summed E-state index contributed by atoms with van der Waals surface area (Å²) in [6, 6.07) is 5.58. The minimum Gasteiger partial charge on any atom is -0.493 e. The van der Waals surface area contributed by atoms with Gasteiger partial charge in [0.1, 0.15) is 0 Å². The number of ether oxygens (including phenoxy) is 5. The summed E-state index contributed by atoms with van der Waals surface area (Å²) >= 11 is 0. The largest absolute Gasteiger partial charge is 0.493 e. The van der Waals surface area contributed by atoms with Gasteiger partial charge in [0.2, 0.25) is 0 Å². The molecule has 0 amide bonds. The topological polar surface area (TPSA) is 106 Å². The molecule has 0 aliphatic carbocycles. The van der Waals surface area contributed by atoms with Crippen LogP contribution in [-0.4, -0.2) is 45.9 Å². The third-order valence-electron chi connectivity index (χ3n) is 4.01. The van der Waals surface area contributed by atoms with Crippen molar-refractivity contribution in [1.29, 1.82) is 0 Å². The Morgan fingerprint density at radius 3 is 1.79 bits per heavy atom. The van der Waals surface area contributed by atoms with Crippen LogP contribution in [-0.2, 0) is 4.74 Å². The fraction of sp³-hybridized carbons (Fsp3) is 0.316. The van der Waals surface area contributed by atoms with Crippen LogP contribution in [0.3, 0.4) is 0 Å². The first-order valence-electron chi connectivity index (χ1n) is 8.25. The monoisotopic (exact) mass is 391 g/mol. The van der Waals surface area contributed by atoms with Crippen LogP contribution in [0.15, 0.2) is 24.3 Å². The Bertz CT molecular complexity index is 894. The molecule has 2 aromatic rings. The van der Waals surface area contributed by atoms with E-state index in [1.807, 2.05) is 0 Å². The minimum atomic E-state index is -0.650. The van der Waals surface area contributed by atoms with E-state index >= 15 is 0 Å². The molecule has 0 spiro atoms. The Hall–Kier alpha value is -3.49. The van der Waals surface area contributed by atoms with Crippen molar-refractivity contribution in [2.45, 2.75) is 6.92 Å². The van der Waals surface area contributed by atoms with Crippen LogP contribution >= 0.6 is 0 Å². The second-order valence-corrected chi connectivity index (χ2v) is 5.45. The van der Waals surface area contributed by atoms with Crippen molar-refractivity contribution >= 4 is 11.7 Å². The molecule has 0 unspecified atom stereocenters. The lowest BCUT2D eigenvalue weighted by atomic mass is 9.96. The van der Waals surface area contributed by atoms with Crippen molar-refractivity contribution in [3.63, 3.8) is 0 Å². The molecular weight excluding hydrogens is 370 g/mol. The average Bonchev–Trinajstić information content (AvgIpc) is 2.71. The predicted molar refractivity (Wildman–Crippen MR) is 101 cm³/mol. The van der Waals surface area contributed by atoms with Crippen LogP contribution in [0.4, 0.5) is 5.69 Å². The molecular formula is C19H21NO8. The highest BCUT2D eigenvalue weighted by atomic mass is 16.6. The first kappa shape index (κ1) is 20.8. The van der Waals surface area contributed by atoms with Gasteiger partial charge in [-0.1, -0.05) is 0 Å². The molecule has 0 bridgehead atoms. The maximum Gasteiger partial charge on any atom is 0.338 e. The highest BCUT2D eigenvalue weighted by Crippen LogP contribution is 2.44. The van der Waals surface area contributed by atoms with Gasteiger partial charge < -0.3 is 23.7 Å². The SMILES string of the molecule is CCOC(=O)c1cc(OC)c(OC)cc1-c1cc(OC)c(OC)cc1[N+](=O)[O-]. The summed E-state index contributed by atoms with van der Waals surface area (Å²) in [6.07, 6.45) is 0. The molecule has 0 saturated carbocycles. The quantitative estimate of drug-likeness (QED) is 0.382. The maximum absolute atomic E-state index is 12.5. The van der Waals surface area contributed by atoms with Crippen LogP contribution in [0.5, 0.6) is 23.0 Å². The lowest BCUT2D eigenvalue weighted by Crippen LogP contribution is -2.08. The number of benzene rings is 2. The maximum atomic E-state index is 12.5. The Balaban J connectivity index is 2.88. The summed E-state index contributed by atoms with van der Waals surface area (Å²) in [5.74, 6) is 0.401. The van der Waals surface area contributed by atoms with Gasteiger partial charge in [0, 0.05) is 5.56 Å². The van der Waals surface area contributed by atoms with Crippen molar-refractivity contribution in [2.75, 3.05) is 35.0 Å². The van der Waals surface area contributed by atoms with E-state index in [1.165, 1.54) is 52.7 Å². The summed E-state index contributed by atoms with van der Waals surface area (Å²) < 4.78 is 26.1. The van der Waals surface area contributed by atoms with E-state index in [1.54, 1.807) is 6.92 Å². The van der Waals surface area contributed by atoms with Crippen molar-refractivity contribution in [1.82, 2.24) is 0 Å². The number of hydrogen-bond donors (Lipinski definition) is 0. The van der Waals surface area contributed by atoms with Gasteiger partial charge >= 0.3 is 5.97 Å². The van der Waals surface area contributed by atoms with Crippen LogP contribution in [0, 0.1) is 10.1 Å². The number of carbonyl (C=O) groups is 1. The van der Waals surface area contributed by atoms with E-state index < -0.39 is 10.9 Å². The Morgan fingerprint density at radius 2 is 1.32 bits per heavy atom. The van der Waals surface area contributed by atoms with E-state index in [0.29, 0.717) is 5.75 Å². The normalized spacial score (nSPS) is 10.2. The van der Waals surface area contributed by atoms with Gasteiger partial charge in [-0.15, -0.1) is 0 Å². The molecule has 0 aromatic heterocycles. The molecule has 0 N–H and O–H groups in total. The highest BCUT2D eigenvalue weighted by molar-refractivity contribution is 6.00. The third-order valence-corrected chi connectivity index (χ3v) is 4.01. The molecule has 150 valence electrons. The Labute approximate surface area is 161 Å². The van der Waals surface area contributed by atoms with E-state index in [2.05, 4.69) is 0 Å². The zero-order valence-corrected chi connectivity index (χ0v) is 16.2. The number of rotatable bonds is 8. The number of nitro benzene ring substituents is 1. The number of nitrogens with zero attached hydrogens (tertiary/aromatic N) is 1. The van der Waals surface area contributed by atoms with Gasteiger partial charge in [0.25, 0.3) is 5.69 Å². The number of nitro groups is 1. The fourth-order valence-corrected chi connectivity index (χ4v) is 2.71. The second kappa shape index (κ2) is 8.94. The molecule has 9 heteroatoms. The van der Waals surface area contributed by atoms with Crippen LogP contribution in [0.1, 0.15) is 17.3 Å². The molecule has 0 atom stereocenters. The predicted octanol–water partition coefficient (Wildman–Crippen LogP) is 3.47. The summed E-state index contributed by atoms with van der Waals surface area (Å²) in [5, 5.41) is 11.7. The molecule has 0 saturated heterocycles. The van der Waals surface area contributed by atoms with E-state index in [9.17, 15) is 14.9 Å². The fourth-order valence-electron chi connectivity index (χ4n) is 2.71. The first-order chi connectivity index (χ1) is 13.4. The molecule has 0 aliphatic heterocycles. The number of esters is 1. The molecule has 28 heavy (non-hydrogen) atoms. The van der Waals surface area contributed by atoms with Gasteiger partial charge in [-0.3, -0.25) is 10.1 Å². The van der Waals surface area contributed by atoms with Gasteiger partial charge in [0.15, 0.2) is 23.0 Å². The highest BCUT2D eigenvalue weighted by Gasteiger charge is 2.27. The second-order valence-electron chi connectivity index (χ2n) is 5.45. The molecule has 2 rings (SSSR count). The third kappa shape index (κ3) is 3.93. The van der Waals surface area contributed by atoms with E-state index in [0.717, 1.165) is 0 Å². The number of methoxy groups -OCH3 is 4. The van der Waals surface area contributed by atoms with E-state index in [4.69, 9.17) is 23.7 Å². The van der Waals surface area contributed by atoms with Gasteiger partial charge in [-0.05, 0) is 25.1 Å². The number of carbonyl (C=O) groups excluding carboxylic acids is 1. The zero-order chi connectivity index (χ0) is 20.8. The summed E-state index contributed by atoms with van der Waals surface area (Å²) in [7, 11) is 5.63. The molecule has 0 heterocycles. The van der Waals surface area contributed by atoms with E-state index in [-0.39, 0.29) is 46.2 Å². The van der Waals surface area contributed by atoms with Gasteiger partial charge in [-0.25, -0.2) is 4.79 Å². The molecule has 0 aliphatic rings. The molecule has 2 aromatic carbocycles. The minimum absolute atomic E-state index is 0.0924. The Kier molecular flexibility index (Phi) is 6.64. The number of hydrogen-bond acceptors (Lipinski definition) is 8. The van der Waals surface area contributed by atoms with Crippen molar-refractivity contribution in [2.24, 2.45) is 0 Å². The first-order valence-corrected chi connectivity index (χ1v) is 8.25. The molecule has 0 radical (unpaired) electrons. The zero-order valence-electron chi connectivity index (χ0n) is 16.2. The van der Waals surface area contributed by atoms with Crippen molar-refractivity contribution < 1.29 is 33.4 Å². The standard InChI is InChI=1S/C19H21NO8/c1-6-28-19(21)13-9-17(26-4)15(24-2)7-11(13)12-8-16(25-3)18(27-5)10-14(12)20(22)23/h7-10H,6H2,1-5H3. The lowest BCUT2D eigenvalue weighted by molar-refractivity contribution is -0.384. The van der Waals surface area contributed by atoms with Crippen molar-refractivity contribution in [3.8, 4) is 34.1 Å². The van der Waals surface area contributed by atoms with Crippen molar-refractivity contribution in [3.05, 3.63) is 39.9 Å². The van der Waals surface area contributed by atoms with Crippen LogP contribution in [0.2, 0.25) is 0 Å². The van der Waals surface area contributed by atoms with Crippen LogP contribution in [0.25, 0.3) is 11.1 Å². The summed E-state index contributed by atoms with van der Waals surface area (Å²) in [5.41, 5.74) is 0.209. The lowest BCUT2D eigenvalue weighted by Gasteiger charge is -2.16. The molecule has 0 fully saturated rings. The van der Waals surface area contributed by atoms with Gasteiger partial charge in [-0.2, -0.15) is 0 Å². The van der Waals surface area contributed by atoms with Gasteiger partial charge in [0.05, 0.1) is 57.2 Å².